The van der Waals surface area contributed by atoms with Crippen LogP contribution < -0.4 is 0 Å². The number of H-pyrrole nitrogens is 1. The molecule has 0 amide bonds. The summed E-state index contributed by atoms with van der Waals surface area (Å²) >= 11 is 12.1. The minimum absolute atomic E-state index is 0.687. The summed E-state index contributed by atoms with van der Waals surface area (Å²) in [5, 5.41) is 15.4. The molecule has 154 valence electrons. The van der Waals surface area contributed by atoms with Crippen LogP contribution in [0.25, 0.3) is 22.6 Å². The maximum atomic E-state index is 6.17. The van der Waals surface area contributed by atoms with Crippen LogP contribution in [0.1, 0.15) is 37.4 Å². The number of nitrogens with one attached hydrogen (secondary N) is 1. The standard InChI is InChI=1S/C22H21Cl2N5O/c23-17-11-7-15(8-12-17)21-22(16-9-13-18(24)14-10-16)30-20(25-21)6-4-2-1-3-5-19-26-28-29-27-19/h7-14H,1-6H2,(H,26,27,28,29). The minimum atomic E-state index is 0.687. The number of hydrogen-bond acceptors (Lipinski definition) is 5. The largest absolute Gasteiger partial charge is 0.440 e. The summed E-state index contributed by atoms with van der Waals surface area (Å²) in [5.74, 6) is 2.26. The molecule has 0 saturated heterocycles. The molecule has 1 N–H and O–H groups in total. The highest BCUT2D eigenvalue weighted by atomic mass is 35.5. The molecule has 4 aromatic rings. The zero-order valence-corrected chi connectivity index (χ0v) is 17.8. The van der Waals surface area contributed by atoms with Crippen molar-refractivity contribution >= 4 is 23.2 Å². The minimum Gasteiger partial charge on any atom is -0.440 e. The average Bonchev–Trinajstić information content (AvgIpc) is 3.42. The van der Waals surface area contributed by atoms with E-state index in [0.29, 0.717) is 10.0 Å². The highest BCUT2D eigenvalue weighted by Crippen LogP contribution is 2.34. The predicted molar refractivity (Wildman–Crippen MR) is 117 cm³/mol. The van der Waals surface area contributed by atoms with Gasteiger partial charge in [-0.25, -0.2) is 4.98 Å². The van der Waals surface area contributed by atoms with Crippen molar-refractivity contribution in [2.75, 3.05) is 0 Å². The summed E-state index contributed by atoms with van der Waals surface area (Å²) in [4.78, 5) is 4.79. The normalized spacial score (nSPS) is 11.1. The molecule has 2 aromatic carbocycles. The Morgan fingerprint density at radius 2 is 1.40 bits per heavy atom. The molecule has 4 rings (SSSR count). The first-order valence-corrected chi connectivity index (χ1v) is 10.7. The van der Waals surface area contributed by atoms with Gasteiger partial charge in [0.2, 0.25) is 0 Å². The Kier molecular flexibility index (Phi) is 6.77. The second-order valence-corrected chi connectivity index (χ2v) is 7.91. The van der Waals surface area contributed by atoms with Crippen molar-refractivity contribution in [1.82, 2.24) is 25.6 Å². The first kappa shape index (κ1) is 20.6. The molecule has 30 heavy (non-hydrogen) atoms. The molecule has 0 spiro atoms. The van der Waals surface area contributed by atoms with Crippen molar-refractivity contribution in [3.8, 4) is 22.6 Å². The molecule has 0 aliphatic rings. The lowest BCUT2D eigenvalue weighted by atomic mass is 10.1. The van der Waals surface area contributed by atoms with Gasteiger partial charge < -0.3 is 4.42 Å². The molecule has 6 nitrogen and oxygen atoms in total. The fourth-order valence-electron chi connectivity index (χ4n) is 3.27. The number of hydrogen-bond donors (Lipinski definition) is 1. The van der Waals surface area contributed by atoms with E-state index < -0.39 is 0 Å². The van der Waals surface area contributed by atoms with E-state index >= 15 is 0 Å². The maximum Gasteiger partial charge on any atom is 0.195 e. The van der Waals surface area contributed by atoms with Gasteiger partial charge in [0, 0.05) is 34.0 Å². The van der Waals surface area contributed by atoms with Gasteiger partial charge in [0.25, 0.3) is 0 Å². The van der Waals surface area contributed by atoms with Crippen LogP contribution in [-0.2, 0) is 12.8 Å². The topological polar surface area (TPSA) is 80.5 Å². The van der Waals surface area contributed by atoms with E-state index in [9.17, 15) is 0 Å². The van der Waals surface area contributed by atoms with Gasteiger partial charge in [-0.15, -0.1) is 10.2 Å². The van der Waals surface area contributed by atoms with Gasteiger partial charge in [-0.05, 0) is 49.2 Å². The van der Waals surface area contributed by atoms with Gasteiger partial charge >= 0.3 is 0 Å². The van der Waals surface area contributed by atoms with E-state index in [-0.39, 0.29) is 0 Å². The van der Waals surface area contributed by atoms with E-state index in [1.54, 1.807) is 0 Å². The number of aromatic amines is 1. The Morgan fingerprint density at radius 1 is 0.767 bits per heavy atom. The number of aromatic nitrogens is 5. The lowest BCUT2D eigenvalue weighted by Gasteiger charge is -2.02. The van der Waals surface area contributed by atoms with Crippen molar-refractivity contribution < 1.29 is 4.42 Å². The molecule has 0 radical (unpaired) electrons. The second kappa shape index (κ2) is 9.87. The molecule has 2 aromatic heterocycles. The highest BCUT2D eigenvalue weighted by molar-refractivity contribution is 6.31. The lowest BCUT2D eigenvalue weighted by molar-refractivity contribution is 0.488. The molecule has 0 fully saturated rings. The molecule has 0 saturated carbocycles. The SMILES string of the molecule is Clc1ccc(-c2nc(CCCCCCc3nn[nH]n3)oc2-c2ccc(Cl)cc2)cc1. The van der Waals surface area contributed by atoms with Crippen LogP contribution in [0.2, 0.25) is 10.0 Å². The van der Waals surface area contributed by atoms with Gasteiger partial charge in [-0.1, -0.05) is 53.4 Å². The molecule has 0 bridgehead atoms. The number of rotatable bonds is 9. The molecule has 8 heteroatoms. The summed E-state index contributed by atoms with van der Waals surface area (Å²) in [6.07, 6.45) is 5.87. The average molecular weight is 442 g/mol. The van der Waals surface area contributed by atoms with Crippen LogP contribution in [0.3, 0.4) is 0 Å². The number of tetrazole rings is 1. The summed E-state index contributed by atoms with van der Waals surface area (Å²) < 4.78 is 6.17. The summed E-state index contributed by atoms with van der Waals surface area (Å²) in [6, 6.07) is 15.3. The van der Waals surface area contributed by atoms with E-state index in [2.05, 4.69) is 20.6 Å². The van der Waals surface area contributed by atoms with Crippen molar-refractivity contribution in [3.63, 3.8) is 0 Å². The Morgan fingerprint density at radius 3 is 2.03 bits per heavy atom. The number of unbranched alkanes of at least 4 members (excludes halogenated alkanes) is 3. The Balaban J connectivity index is 1.43. The van der Waals surface area contributed by atoms with Gasteiger partial charge in [0.05, 0.1) is 0 Å². The summed E-state index contributed by atoms with van der Waals surface area (Å²) in [7, 11) is 0. The van der Waals surface area contributed by atoms with E-state index in [4.69, 9.17) is 32.6 Å². The van der Waals surface area contributed by atoms with Crippen LogP contribution >= 0.6 is 23.2 Å². The van der Waals surface area contributed by atoms with Gasteiger partial charge in [0.15, 0.2) is 17.5 Å². The molecular weight excluding hydrogens is 421 g/mol. The van der Waals surface area contributed by atoms with E-state index in [1.807, 2.05) is 48.5 Å². The molecule has 0 unspecified atom stereocenters. The van der Waals surface area contributed by atoms with Gasteiger partial charge in [0.1, 0.15) is 5.69 Å². The fraction of sp³-hybridized carbons (Fsp3) is 0.273. The second-order valence-electron chi connectivity index (χ2n) is 7.04. The number of nitrogens with zero attached hydrogens (tertiary/aromatic N) is 4. The number of aryl methyl sites for hydroxylation is 2. The maximum absolute atomic E-state index is 6.17. The smallest absolute Gasteiger partial charge is 0.195 e. The van der Waals surface area contributed by atoms with Crippen LogP contribution in [-0.4, -0.2) is 25.6 Å². The van der Waals surface area contributed by atoms with Crippen LogP contribution in [0.15, 0.2) is 52.9 Å². The first-order valence-electron chi connectivity index (χ1n) is 9.93. The lowest BCUT2D eigenvalue weighted by Crippen LogP contribution is -1.90. The van der Waals surface area contributed by atoms with Crippen LogP contribution in [0.4, 0.5) is 0 Å². The predicted octanol–water partition coefficient (Wildman–Crippen LogP) is 6.17. The third kappa shape index (κ3) is 5.26. The van der Waals surface area contributed by atoms with Gasteiger partial charge in [-0.3, -0.25) is 0 Å². The third-order valence-electron chi connectivity index (χ3n) is 4.83. The third-order valence-corrected chi connectivity index (χ3v) is 5.33. The Labute approximate surface area is 184 Å². The van der Waals surface area contributed by atoms with Crippen molar-refractivity contribution in [2.45, 2.75) is 38.5 Å². The molecule has 0 aliphatic carbocycles. The monoisotopic (exact) mass is 441 g/mol. The van der Waals surface area contributed by atoms with E-state index in [0.717, 1.165) is 72.8 Å². The summed E-state index contributed by atoms with van der Waals surface area (Å²) in [6.45, 7) is 0. The first-order chi connectivity index (χ1) is 14.7. The van der Waals surface area contributed by atoms with Crippen LogP contribution in [0, 0.1) is 0 Å². The van der Waals surface area contributed by atoms with Crippen molar-refractivity contribution in [1.29, 1.82) is 0 Å². The molecule has 0 atom stereocenters. The zero-order valence-electron chi connectivity index (χ0n) is 16.3. The van der Waals surface area contributed by atoms with Crippen LogP contribution in [0.5, 0.6) is 0 Å². The molecular formula is C22H21Cl2N5O. The highest BCUT2D eigenvalue weighted by Gasteiger charge is 2.17. The van der Waals surface area contributed by atoms with Crippen molar-refractivity contribution in [2.24, 2.45) is 0 Å². The van der Waals surface area contributed by atoms with Gasteiger partial charge in [-0.2, -0.15) is 5.21 Å². The molecule has 0 aliphatic heterocycles. The zero-order chi connectivity index (χ0) is 20.8. The number of halogens is 2. The van der Waals surface area contributed by atoms with E-state index in [1.165, 1.54) is 0 Å². The Bertz CT molecular complexity index is 997. The summed E-state index contributed by atoms with van der Waals surface area (Å²) in [5.41, 5.74) is 2.74. The number of oxazole rings is 1. The Hall–Kier alpha value is -2.70. The number of benzene rings is 2. The molecule has 2 heterocycles. The quantitative estimate of drug-likeness (QED) is 0.313. The fourth-order valence-corrected chi connectivity index (χ4v) is 3.52. The van der Waals surface area contributed by atoms with Crippen molar-refractivity contribution in [3.05, 3.63) is 70.3 Å².